The Morgan fingerprint density at radius 2 is 2.00 bits per heavy atom. The van der Waals surface area contributed by atoms with Crippen LogP contribution in [0.5, 0.6) is 0 Å². The van der Waals surface area contributed by atoms with Gasteiger partial charge in [-0.2, -0.15) is 0 Å². The first-order chi connectivity index (χ1) is 12.6. The number of aromatic nitrogens is 1. The largest absolute Gasteiger partial charge is 0.368 e. The topological polar surface area (TPSA) is 75.9 Å². The molecule has 3 fully saturated rings. The molecule has 7 heteroatoms. The predicted molar refractivity (Wildman–Crippen MR) is 93.2 cm³/mol. The molecule has 3 heterocycles. The molecule has 1 atom stereocenters. The maximum absolute atomic E-state index is 12.7. The van der Waals surface area contributed by atoms with E-state index in [2.05, 4.69) is 5.16 Å². The van der Waals surface area contributed by atoms with Gasteiger partial charge in [0.2, 0.25) is 5.91 Å². The summed E-state index contributed by atoms with van der Waals surface area (Å²) in [5.41, 5.74) is 0.814. The second-order valence-electron chi connectivity index (χ2n) is 7.79. The second kappa shape index (κ2) is 7.39. The molecule has 0 spiro atoms. The Morgan fingerprint density at radius 1 is 1.23 bits per heavy atom. The van der Waals surface area contributed by atoms with Gasteiger partial charge in [0.05, 0.1) is 6.54 Å². The predicted octanol–water partition coefficient (Wildman–Crippen LogP) is 1.93. The van der Waals surface area contributed by atoms with Crippen LogP contribution >= 0.6 is 0 Å². The molecule has 0 N–H and O–H groups in total. The van der Waals surface area contributed by atoms with Crippen molar-refractivity contribution in [3.63, 3.8) is 0 Å². The first kappa shape index (κ1) is 17.5. The van der Waals surface area contributed by atoms with E-state index in [9.17, 15) is 9.59 Å². The highest BCUT2D eigenvalue weighted by atomic mass is 16.5. The van der Waals surface area contributed by atoms with E-state index in [1.807, 2.05) is 18.0 Å². The zero-order chi connectivity index (χ0) is 18.1. The van der Waals surface area contributed by atoms with E-state index < -0.39 is 0 Å². The molecule has 0 radical (unpaired) electrons. The standard InChI is InChI=1S/C19H27N3O4/c1-21(12-15-11-17(26-20-15)13-4-5-13)18(23)14-6-8-22(9-7-14)19(24)16-3-2-10-25-16/h11,13-14,16H,2-10,12H2,1H3/t16-/m1/s1. The minimum atomic E-state index is -0.266. The Labute approximate surface area is 153 Å². The van der Waals surface area contributed by atoms with Gasteiger partial charge in [0.15, 0.2) is 0 Å². The Balaban J connectivity index is 1.26. The van der Waals surface area contributed by atoms with Crippen molar-refractivity contribution in [2.75, 3.05) is 26.7 Å². The number of rotatable bonds is 5. The molecular formula is C19H27N3O4. The third-order valence-electron chi connectivity index (χ3n) is 5.69. The lowest BCUT2D eigenvalue weighted by Crippen LogP contribution is -2.46. The molecule has 1 aliphatic carbocycles. The molecule has 142 valence electrons. The zero-order valence-electron chi connectivity index (χ0n) is 15.4. The van der Waals surface area contributed by atoms with Gasteiger partial charge in [0.1, 0.15) is 17.6 Å². The summed E-state index contributed by atoms with van der Waals surface area (Å²) in [5, 5.41) is 4.09. The summed E-state index contributed by atoms with van der Waals surface area (Å²) in [6, 6.07) is 1.98. The van der Waals surface area contributed by atoms with E-state index >= 15 is 0 Å². The lowest BCUT2D eigenvalue weighted by molar-refractivity contribution is -0.145. The monoisotopic (exact) mass is 361 g/mol. The van der Waals surface area contributed by atoms with E-state index in [4.69, 9.17) is 9.26 Å². The first-order valence-electron chi connectivity index (χ1n) is 9.72. The molecule has 1 aromatic heterocycles. The van der Waals surface area contributed by atoms with Crippen molar-refractivity contribution in [2.45, 2.75) is 57.1 Å². The number of piperidine rings is 1. The lowest BCUT2D eigenvalue weighted by Gasteiger charge is -2.34. The van der Waals surface area contributed by atoms with Gasteiger partial charge >= 0.3 is 0 Å². The maximum Gasteiger partial charge on any atom is 0.251 e. The van der Waals surface area contributed by atoms with E-state index in [1.54, 1.807) is 4.90 Å². The Kier molecular flexibility index (Phi) is 4.98. The van der Waals surface area contributed by atoms with Crippen LogP contribution in [0.3, 0.4) is 0 Å². The highest BCUT2D eigenvalue weighted by Gasteiger charge is 2.34. The van der Waals surface area contributed by atoms with Crippen LogP contribution in [0.2, 0.25) is 0 Å². The average Bonchev–Trinajstić information content (AvgIpc) is 3.17. The van der Waals surface area contributed by atoms with Gasteiger partial charge in [0, 0.05) is 44.6 Å². The van der Waals surface area contributed by atoms with Crippen LogP contribution < -0.4 is 0 Å². The van der Waals surface area contributed by atoms with E-state index in [0.717, 1.165) is 24.3 Å². The summed E-state index contributed by atoms with van der Waals surface area (Å²) in [6.45, 7) is 2.43. The summed E-state index contributed by atoms with van der Waals surface area (Å²) in [6.07, 6.45) is 5.29. The SMILES string of the molecule is CN(Cc1cc(C2CC2)on1)C(=O)C1CCN(C(=O)[C@H]2CCCO2)CC1. The van der Waals surface area contributed by atoms with Crippen LogP contribution in [0, 0.1) is 5.92 Å². The molecule has 1 aromatic rings. The van der Waals surface area contributed by atoms with Gasteiger partial charge in [0.25, 0.3) is 5.91 Å². The van der Waals surface area contributed by atoms with Crippen molar-refractivity contribution in [2.24, 2.45) is 5.92 Å². The van der Waals surface area contributed by atoms with Crippen molar-refractivity contribution < 1.29 is 18.8 Å². The number of hydrogen-bond donors (Lipinski definition) is 0. The summed E-state index contributed by atoms with van der Waals surface area (Å²) in [7, 11) is 1.82. The maximum atomic E-state index is 12.7. The molecule has 2 aliphatic heterocycles. The van der Waals surface area contributed by atoms with Gasteiger partial charge in [-0.3, -0.25) is 9.59 Å². The number of nitrogens with zero attached hydrogens (tertiary/aromatic N) is 3. The van der Waals surface area contributed by atoms with Crippen LogP contribution in [0.25, 0.3) is 0 Å². The minimum Gasteiger partial charge on any atom is -0.368 e. The molecule has 26 heavy (non-hydrogen) atoms. The molecule has 0 aromatic carbocycles. The Morgan fingerprint density at radius 3 is 2.65 bits per heavy atom. The Hall–Kier alpha value is -1.89. The molecule has 2 saturated heterocycles. The van der Waals surface area contributed by atoms with Crippen molar-refractivity contribution in [1.29, 1.82) is 0 Å². The van der Waals surface area contributed by atoms with Crippen molar-refractivity contribution in [3.05, 3.63) is 17.5 Å². The highest BCUT2D eigenvalue weighted by molar-refractivity contribution is 5.82. The number of carbonyl (C=O) groups is 2. The fraction of sp³-hybridized carbons (Fsp3) is 0.737. The number of hydrogen-bond acceptors (Lipinski definition) is 5. The van der Waals surface area contributed by atoms with Crippen LogP contribution in [-0.2, 0) is 20.9 Å². The quantitative estimate of drug-likeness (QED) is 0.801. The summed E-state index contributed by atoms with van der Waals surface area (Å²) in [5.74, 6) is 1.68. The number of likely N-dealkylation sites (tertiary alicyclic amines) is 1. The van der Waals surface area contributed by atoms with E-state index in [-0.39, 0.29) is 23.8 Å². The van der Waals surface area contributed by atoms with E-state index in [1.165, 1.54) is 12.8 Å². The fourth-order valence-electron chi connectivity index (χ4n) is 3.92. The van der Waals surface area contributed by atoms with Crippen LogP contribution in [0.4, 0.5) is 0 Å². The molecule has 0 bridgehead atoms. The number of amides is 2. The smallest absolute Gasteiger partial charge is 0.251 e. The summed E-state index contributed by atoms with van der Waals surface area (Å²) < 4.78 is 10.8. The first-order valence-corrected chi connectivity index (χ1v) is 9.72. The molecule has 3 aliphatic rings. The van der Waals surface area contributed by atoms with Gasteiger partial charge in [-0.25, -0.2) is 0 Å². The molecule has 4 rings (SSSR count). The third kappa shape index (κ3) is 3.77. The van der Waals surface area contributed by atoms with Gasteiger partial charge in [-0.15, -0.1) is 0 Å². The average molecular weight is 361 g/mol. The zero-order valence-corrected chi connectivity index (χ0v) is 15.4. The summed E-state index contributed by atoms with van der Waals surface area (Å²) >= 11 is 0. The van der Waals surface area contributed by atoms with E-state index in [0.29, 0.717) is 45.0 Å². The van der Waals surface area contributed by atoms with Gasteiger partial charge in [-0.1, -0.05) is 5.16 Å². The van der Waals surface area contributed by atoms with Crippen LogP contribution in [0.15, 0.2) is 10.6 Å². The third-order valence-corrected chi connectivity index (χ3v) is 5.69. The number of carbonyl (C=O) groups excluding carboxylic acids is 2. The normalized spacial score (nSPS) is 24.0. The van der Waals surface area contributed by atoms with Crippen LogP contribution in [0.1, 0.15) is 55.9 Å². The van der Waals surface area contributed by atoms with Crippen LogP contribution in [-0.4, -0.2) is 59.6 Å². The second-order valence-corrected chi connectivity index (χ2v) is 7.79. The molecular weight excluding hydrogens is 334 g/mol. The highest BCUT2D eigenvalue weighted by Crippen LogP contribution is 2.40. The molecule has 7 nitrogen and oxygen atoms in total. The van der Waals surface area contributed by atoms with Gasteiger partial charge in [-0.05, 0) is 38.5 Å². The molecule has 2 amide bonds. The van der Waals surface area contributed by atoms with Crippen molar-refractivity contribution in [3.8, 4) is 0 Å². The van der Waals surface area contributed by atoms with Gasteiger partial charge < -0.3 is 19.1 Å². The molecule has 0 unspecified atom stereocenters. The van der Waals surface area contributed by atoms with Crippen molar-refractivity contribution >= 4 is 11.8 Å². The molecule has 1 saturated carbocycles. The minimum absolute atomic E-state index is 0.0247. The summed E-state index contributed by atoms with van der Waals surface area (Å²) in [4.78, 5) is 28.7. The fourth-order valence-corrected chi connectivity index (χ4v) is 3.92. The Bertz CT molecular complexity index is 655. The number of ether oxygens (including phenoxy) is 1. The lowest BCUT2D eigenvalue weighted by atomic mass is 9.95. The van der Waals surface area contributed by atoms with Crippen molar-refractivity contribution in [1.82, 2.24) is 15.0 Å².